The fourth-order valence-corrected chi connectivity index (χ4v) is 3.77. The highest BCUT2D eigenvalue weighted by Gasteiger charge is 2.34. The first-order valence-corrected chi connectivity index (χ1v) is 10.9. The zero-order valence-corrected chi connectivity index (χ0v) is 19.4. The van der Waals surface area contributed by atoms with Gasteiger partial charge in [0.2, 0.25) is 0 Å². The quantitative estimate of drug-likeness (QED) is 0.296. The molecular weight excluding hydrogens is 468 g/mol. The lowest BCUT2D eigenvalue weighted by atomic mass is 10.1. The van der Waals surface area contributed by atoms with Gasteiger partial charge in [0, 0.05) is 0 Å². The van der Waals surface area contributed by atoms with Crippen LogP contribution in [-0.2, 0) is 16.2 Å². The Morgan fingerprint density at radius 3 is 2.51 bits per heavy atom. The van der Waals surface area contributed by atoms with E-state index in [-0.39, 0.29) is 22.9 Å². The minimum Gasteiger partial charge on any atom is -0.493 e. The maximum atomic E-state index is 13.1. The Kier molecular flexibility index (Phi) is 6.88. The number of ether oxygens (including phenoxy) is 2. The van der Waals surface area contributed by atoms with Crippen LogP contribution < -0.4 is 19.7 Å². The maximum absolute atomic E-state index is 13.1. The summed E-state index contributed by atoms with van der Waals surface area (Å²) in [6.45, 7) is 0.127. The van der Waals surface area contributed by atoms with Crippen LogP contribution in [0.4, 0.5) is 5.69 Å². The predicted molar refractivity (Wildman–Crippen MR) is 133 cm³/mol. The van der Waals surface area contributed by atoms with Gasteiger partial charge in [-0.3, -0.25) is 19.8 Å². The van der Waals surface area contributed by atoms with Crippen LogP contribution in [0.5, 0.6) is 11.5 Å². The van der Waals surface area contributed by atoms with Crippen molar-refractivity contribution in [2.24, 2.45) is 0 Å². The number of rotatable bonds is 7. The molecule has 1 aliphatic heterocycles. The normalized spacial score (nSPS) is 14.6. The molecule has 2 amide bonds. The van der Waals surface area contributed by atoms with Crippen LogP contribution >= 0.6 is 12.2 Å². The van der Waals surface area contributed by atoms with Gasteiger partial charge in [0.15, 0.2) is 16.6 Å². The number of hydrogen-bond acceptors (Lipinski definition) is 6. The minimum atomic E-state index is -1.02. The van der Waals surface area contributed by atoms with Gasteiger partial charge in [-0.15, -0.1) is 0 Å². The van der Waals surface area contributed by atoms with Crippen molar-refractivity contribution in [3.05, 3.63) is 95.1 Å². The van der Waals surface area contributed by atoms with Crippen LogP contribution in [0.25, 0.3) is 6.08 Å². The number of carbonyl (C=O) groups excluding carboxylic acids is 2. The third kappa shape index (κ3) is 5.20. The predicted octanol–water partition coefficient (Wildman–Crippen LogP) is 3.80. The van der Waals surface area contributed by atoms with E-state index in [4.69, 9.17) is 26.8 Å². The fourth-order valence-electron chi connectivity index (χ4n) is 3.48. The third-order valence-electron chi connectivity index (χ3n) is 5.18. The van der Waals surface area contributed by atoms with E-state index in [0.717, 1.165) is 0 Å². The molecule has 2 N–H and O–H groups in total. The van der Waals surface area contributed by atoms with Crippen molar-refractivity contribution in [1.29, 1.82) is 0 Å². The molecule has 1 fully saturated rings. The summed E-state index contributed by atoms with van der Waals surface area (Å²) in [7, 11) is 1.47. The van der Waals surface area contributed by atoms with Crippen LogP contribution in [0.15, 0.2) is 78.4 Å². The summed E-state index contributed by atoms with van der Waals surface area (Å²) >= 11 is 5.21. The van der Waals surface area contributed by atoms with Gasteiger partial charge in [0.1, 0.15) is 12.2 Å². The lowest BCUT2D eigenvalue weighted by Gasteiger charge is -2.28. The second kappa shape index (κ2) is 10.2. The van der Waals surface area contributed by atoms with E-state index in [1.54, 1.807) is 54.6 Å². The van der Waals surface area contributed by atoms with Crippen LogP contribution in [0.2, 0.25) is 0 Å². The zero-order chi connectivity index (χ0) is 24.9. The summed E-state index contributed by atoms with van der Waals surface area (Å²) in [5.74, 6) is -1.35. The molecular formula is C26H20N2O6S. The maximum Gasteiger partial charge on any atom is 0.335 e. The summed E-state index contributed by atoms with van der Waals surface area (Å²) < 4.78 is 11.2. The van der Waals surface area contributed by atoms with Gasteiger partial charge in [0.25, 0.3) is 11.8 Å². The SMILES string of the molecule is COc1cc(C=C2C(=O)NC(=S)N(c3ccccc3)C2=O)ccc1OCc1cccc(C(=O)O)c1. The van der Waals surface area contributed by atoms with Crippen LogP contribution in [0.1, 0.15) is 21.5 Å². The van der Waals surface area contributed by atoms with Crippen LogP contribution in [-0.4, -0.2) is 35.1 Å². The number of carboxylic acids is 1. The van der Waals surface area contributed by atoms with Crippen molar-refractivity contribution in [1.82, 2.24) is 5.32 Å². The lowest BCUT2D eigenvalue weighted by Crippen LogP contribution is -2.54. The first-order chi connectivity index (χ1) is 16.9. The Balaban J connectivity index is 1.57. The van der Waals surface area contributed by atoms with Crippen LogP contribution in [0.3, 0.4) is 0 Å². The molecule has 1 aliphatic rings. The number of amides is 2. The van der Waals surface area contributed by atoms with Gasteiger partial charge >= 0.3 is 5.97 Å². The molecule has 3 aromatic rings. The number of aromatic carboxylic acids is 1. The third-order valence-corrected chi connectivity index (χ3v) is 5.47. The molecule has 8 nitrogen and oxygen atoms in total. The van der Waals surface area contributed by atoms with E-state index in [0.29, 0.717) is 28.3 Å². The van der Waals surface area contributed by atoms with Crippen molar-refractivity contribution in [2.75, 3.05) is 12.0 Å². The Hall–Kier alpha value is -4.50. The minimum absolute atomic E-state index is 0.0108. The molecule has 0 aliphatic carbocycles. The first kappa shape index (κ1) is 23.7. The van der Waals surface area contributed by atoms with Gasteiger partial charge in [-0.1, -0.05) is 36.4 Å². The number of carboxylic acid groups (broad SMARTS) is 1. The number of anilines is 1. The molecule has 0 bridgehead atoms. The Labute approximate surface area is 206 Å². The van der Waals surface area contributed by atoms with E-state index in [2.05, 4.69) is 5.32 Å². The smallest absolute Gasteiger partial charge is 0.335 e. The number of hydrogen-bond donors (Lipinski definition) is 2. The summed E-state index contributed by atoms with van der Waals surface area (Å²) in [4.78, 5) is 38.1. The first-order valence-electron chi connectivity index (χ1n) is 10.5. The van der Waals surface area contributed by atoms with E-state index in [9.17, 15) is 14.4 Å². The topological polar surface area (TPSA) is 105 Å². The molecule has 3 aromatic carbocycles. The Morgan fingerprint density at radius 1 is 1.03 bits per heavy atom. The molecule has 0 aromatic heterocycles. The molecule has 1 saturated heterocycles. The van der Waals surface area contributed by atoms with E-state index >= 15 is 0 Å². The number of benzene rings is 3. The average molecular weight is 489 g/mol. The number of carbonyl (C=O) groups is 3. The Bertz CT molecular complexity index is 1350. The highest BCUT2D eigenvalue weighted by Crippen LogP contribution is 2.30. The van der Waals surface area contributed by atoms with Gasteiger partial charge in [-0.05, 0) is 65.8 Å². The molecule has 176 valence electrons. The molecule has 0 radical (unpaired) electrons. The standard InChI is InChI=1S/C26H20N2O6S/c1-33-22-14-16(10-11-21(22)34-15-17-6-5-7-18(12-17)25(31)32)13-20-23(29)27-26(35)28(24(20)30)19-8-3-2-4-9-19/h2-14H,15H2,1H3,(H,31,32)(H,27,29,35). The molecule has 9 heteroatoms. The summed E-state index contributed by atoms with van der Waals surface area (Å²) in [6, 6.07) is 20.2. The van der Waals surface area contributed by atoms with Gasteiger partial charge in [0.05, 0.1) is 18.4 Å². The Morgan fingerprint density at radius 2 is 1.80 bits per heavy atom. The zero-order valence-electron chi connectivity index (χ0n) is 18.6. The molecule has 35 heavy (non-hydrogen) atoms. The number of nitrogens with one attached hydrogen (secondary N) is 1. The number of methoxy groups -OCH3 is 1. The van der Waals surface area contributed by atoms with Gasteiger partial charge in [-0.2, -0.15) is 0 Å². The molecule has 4 rings (SSSR count). The van der Waals surface area contributed by atoms with Crippen LogP contribution in [0, 0.1) is 0 Å². The molecule has 1 heterocycles. The van der Waals surface area contributed by atoms with Gasteiger partial charge in [-0.25, -0.2) is 4.79 Å². The highest BCUT2D eigenvalue weighted by molar-refractivity contribution is 7.80. The van der Waals surface area contributed by atoms with Crippen molar-refractivity contribution >= 4 is 46.9 Å². The van der Waals surface area contributed by atoms with E-state index in [1.165, 1.54) is 30.2 Å². The summed E-state index contributed by atoms with van der Waals surface area (Å²) in [5.41, 5.74) is 1.85. The highest BCUT2D eigenvalue weighted by atomic mass is 32.1. The monoisotopic (exact) mass is 488 g/mol. The molecule has 0 unspecified atom stereocenters. The molecule has 0 saturated carbocycles. The number of thiocarbonyl (C=S) groups is 1. The van der Waals surface area contributed by atoms with E-state index < -0.39 is 17.8 Å². The lowest BCUT2D eigenvalue weighted by molar-refractivity contribution is -0.122. The van der Waals surface area contributed by atoms with Crippen molar-refractivity contribution in [3.63, 3.8) is 0 Å². The second-order valence-electron chi connectivity index (χ2n) is 7.50. The molecule has 0 spiro atoms. The average Bonchev–Trinajstić information content (AvgIpc) is 2.86. The van der Waals surface area contributed by atoms with Gasteiger partial charge < -0.3 is 14.6 Å². The van der Waals surface area contributed by atoms with Crippen molar-refractivity contribution in [2.45, 2.75) is 6.61 Å². The number of para-hydroxylation sites is 1. The summed E-state index contributed by atoms with van der Waals surface area (Å²) in [5, 5.41) is 11.7. The second-order valence-corrected chi connectivity index (χ2v) is 7.88. The molecule has 0 atom stereocenters. The van der Waals surface area contributed by atoms with Crippen molar-refractivity contribution in [3.8, 4) is 11.5 Å². The number of nitrogens with zero attached hydrogens (tertiary/aromatic N) is 1. The largest absolute Gasteiger partial charge is 0.493 e. The fraction of sp³-hybridized carbons (Fsp3) is 0.0769. The van der Waals surface area contributed by atoms with E-state index in [1.807, 2.05) is 6.07 Å². The summed E-state index contributed by atoms with van der Waals surface area (Å²) in [6.07, 6.45) is 1.46. The van der Waals surface area contributed by atoms with Crippen molar-refractivity contribution < 1.29 is 29.0 Å².